The van der Waals surface area contributed by atoms with Gasteiger partial charge in [-0.2, -0.15) is 0 Å². The molecule has 0 aromatic heterocycles. The maximum absolute atomic E-state index is 11.4. The molecule has 0 saturated heterocycles. The van der Waals surface area contributed by atoms with Gasteiger partial charge in [0.1, 0.15) is 0 Å². The average Bonchev–Trinajstić information content (AvgIpc) is 2.50. The number of hydrogen-bond donors (Lipinski definition) is 0. The second kappa shape index (κ2) is 10.3. The maximum atomic E-state index is 11.4. The van der Waals surface area contributed by atoms with Crippen LogP contribution in [0.5, 0.6) is 0 Å². The molecule has 112 valence electrons. The van der Waals surface area contributed by atoms with E-state index in [0.29, 0.717) is 19.5 Å². The molecular weight excluding hydrogens is 287 g/mol. The van der Waals surface area contributed by atoms with E-state index in [-0.39, 0.29) is 18.6 Å². The van der Waals surface area contributed by atoms with E-state index in [9.17, 15) is 9.50 Å². The number of aliphatic imine (C=N–C) groups is 1. The van der Waals surface area contributed by atoms with Crippen LogP contribution < -0.4 is 0 Å². The SMILES string of the molecule is CN(C)C(=O)COCC(CSc1ccccc1)N=CB=O. The molecule has 0 aliphatic carbocycles. The number of amides is 1. The molecule has 0 aliphatic heterocycles. The van der Waals surface area contributed by atoms with E-state index < -0.39 is 0 Å². The van der Waals surface area contributed by atoms with Crippen molar-refractivity contribution in [2.24, 2.45) is 4.99 Å². The summed E-state index contributed by atoms with van der Waals surface area (Å²) in [6.45, 7) is 0.333. The first-order valence-electron chi connectivity index (χ1n) is 6.56. The molecule has 0 saturated carbocycles. The van der Waals surface area contributed by atoms with Gasteiger partial charge < -0.3 is 0 Å². The first-order valence-corrected chi connectivity index (χ1v) is 7.54. The zero-order valence-electron chi connectivity index (χ0n) is 12.3. The van der Waals surface area contributed by atoms with Crippen LogP contribution >= 0.6 is 11.8 Å². The van der Waals surface area contributed by atoms with E-state index in [1.807, 2.05) is 30.3 Å². The fourth-order valence-corrected chi connectivity index (χ4v) is 2.33. The molecule has 1 unspecified atom stereocenters. The number of nitrogens with zero attached hydrogens (tertiary/aromatic N) is 2. The van der Waals surface area contributed by atoms with Gasteiger partial charge in [0.15, 0.2) is 0 Å². The first-order chi connectivity index (χ1) is 10.1. The Hall–Kier alpha value is -1.47. The van der Waals surface area contributed by atoms with Crippen molar-refractivity contribution in [3.8, 4) is 0 Å². The predicted molar refractivity (Wildman–Crippen MR) is 85.4 cm³/mol. The number of likely N-dealkylation sites (N-methyl/N-ethyl adjacent to an activating group) is 1. The summed E-state index contributed by atoms with van der Waals surface area (Å²) in [5.74, 6) is 0.591. The van der Waals surface area contributed by atoms with Crippen molar-refractivity contribution >= 4 is 30.9 Å². The van der Waals surface area contributed by atoms with Crippen LogP contribution in [-0.2, 0) is 14.2 Å². The van der Waals surface area contributed by atoms with E-state index >= 15 is 0 Å². The molecule has 0 aliphatic rings. The number of benzene rings is 1. The Morgan fingerprint density at radius 1 is 1.43 bits per heavy atom. The van der Waals surface area contributed by atoms with E-state index in [1.165, 1.54) is 11.0 Å². The van der Waals surface area contributed by atoms with Gasteiger partial charge in [-0.1, -0.05) is 0 Å². The van der Waals surface area contributed by atoms with Crippen LogP contribution in [0.1, 0.15) is 0 Å². The molecule has 0 heterocycles. The molecular formula is C14H19BN2O3S. The number of carbonyl (C=O) groups excluding carboxylic acids is 1. The van der Waals surface area contributed by atoms with Crippen LogP contribution in [0, 0.1) is 0 Å². The Bertz CT molecular complexity index is 469. The van der Waals surface area contributed by atoms with Gasteiger partial charge in [-0.3, -0.25) is 0 Å². The van der Waals surface area contributed by atoms with Crippen LogP contribution in [0.15, 0.2) is 40.2 Å². The Labute approximate surface area is 130 Å². The Morgan fingerprint density at radius 3 is 2.76 bits per heavy atom. The van der Waals surface area contributed by atoms with Crippen molar-refractivity contribution in [1.29, 1.82) is 0 Å². The van der Waals surface area contributed by atoms with Gasteiger partial charge in [0.2, 0.25) is 0 Å². The monoisotopic (exact) mass is 306 g/mol. The average molecular weight is 306 g/mol. The van der Waals surface area contributed by atoms with E-state index in [4.69, 9.17) is 4.74 Å². The fraction of sp³-hybridized carbons (Fsp3) is 0.429. The third-order valence-corrected chi connectivity index (χ3v) is 3.73. The molecule has 0 fully saturated rings. The molecule has 1 atom stereocenters. The normalized spacial score (nSPS) is 12.1. The number of ether oxygens (including phenoxy) is 1. The summed E-state index contributed by atoms with van der Waals surface area (Å²) in [5, 5.41) is 0. The molecule has 0 N–H and O–H groups in total. The second-order valence-corrected chi connectivity index (χ2v) is 5.61. The summed E-state index contributed by atoms with van der Waals surface area (Å²) in [7, 11) is 4.00. The van der Waals surface area contributed by atoms with Crippen LogP contribution in [0.25, 0.3) is 0 Å². The van der Waals surface area contributed by atoms with Crippen molar-refractivity contribution in [1.82, 2.24) is 4.90 Å². The van der Waals surface area contributed by atoms with Crippen LogP contribution in [0.3, 0.4) is 0 Å². The van der Waals surface area contributed by atoms with Gasteiger partial charge >= 0.3 is 129 Å². The molecule has 1 aromatic carbocycles. The minimum atomic E-state index is -0.157. The summed E-state index contributed by atoms with van der Waals surface area (Å²) in [4.78, 5) is 18.2. The number of thioether (sulfide) groups is 1. The first kappa shape index (κ1) is 17.6. The van der Waals surface area contributed by atoms with Gasteiger partial charge in [0.25, 0.3) is 0 Å². The van der Waals surface area contributed by atoms with Gasteiger partial charge in [-0.25, -0.2) is 0 Å². The van der Waals surface area contributed by atoms with Gasteiger partial charge in [-0.05, 0) is 0 Å². The van der Waals surface area contributed by atoms with Crippen LogP contribution in [-0.4, -0.2) is 63.2 Å². The molecule has 21 heavy (non-hydrogen) atoms. The van der Waals surface area contributed by atoms with Gasteiger partial charge in [-0.15, -0.1) is 0 Å². The Kier molecular flexibility index (Phi) is 8.62. The summed E-state index contributed by atoms with van der Waals surface area (Å²) in [6.07, 6.45) is 1.23. The summed E-state index contributed by atoms with van der Waals surface area (Å²) >= 11 is 1.64. The quantitative estimate of drug-likeness (QED) is 0.392. The Balaban J connectivity index is 2.42. The third kappa shape index (κ3) is 7.77. The molecule has 1 amide bonds. The topological polar surface area (TPSA) is 59.0 Å². The predicted octanol–water partition coefficient (Wildman–Crippen LogP) is 1.33. The van der Waals surface area contributed by atoms with Crippen LogP contribution in [0.2, 0.25) is 0 Å². The number of hydrogen-bond acceptors (Lipinski definition) is 5. The standard InChI is InChI=1S/C14H19BN2O3S/c1-17(2)14(18)9-20-8-12(16-11-15-19)10-21-13-6-4-3-5-7-13/h3-7,11-12H,8-10H2,1-2H3. The third-order valence-electron chi connectivity index (χ3n) is 2.58. The minimum absolute atomic E-state index is 0.0239. The van der Waals surface area contributed by atoms with E-state index in [2.05, 4.69) is 4.99 Å². The van der Waals surface area contributed by atoms with Crippen molar-refractivity contribution in [3.63, 3.8) is 0 Å². The second-order valence-electron chi connectivity index (χ2n) is 4.52. The molecule has 5 nitrogen and oxygen atoms in total. The summed E-state index contributed by atoms with van der Waals surface area (Å²) in [6, 6.07) is 9.78. The summed E-state index contributed by atoms with van der Waals surface area (Å²) in [5.41, 5.74) is 0. The molecule has 1 aromatic rings. The number of carbonyl (C=O) groups is 1. The summed E-state index contributed by atoms with van der Waals surface area (Å²) < 4.78 is 15.8. The zero-order valence-corrected chi connectivity index (χ0v) is 13.1. The fourth-order valence-electron chi connectivity index (χ4n) is 1.41. The molecule has 0 radical (unpaired) electrons. The Morgan fingerprint density at radius 2 is 2.14 bits per heavy atom. The molecule has 0 bridgehead atoms. The molecule has 0 spiro atoms. The van der Waals surface area contributed by atoms with Crippen molar-refractivity contribution in [3.05, 3.63) is 30.3 Å². The molecule has 1 rings (SSSR count). The zero-order chi connectivity index (χ0) is 15.5. The number of rotatable bonds is 9. The van der Waals surface area contributed by atoms with E-state index in [1.54, 1.807) is 25.9 Å². The van der Waals surface area contributed by atoms with Gasteiger partial charge in [0, 0.05) is 0 Å². The molecule has 7 heteroatoms. The van der Waals surface area contributed by atoms with E-state index in [0.717, 1.165) is 4.90 Å². The van der Waals surface area contributed by atoms with Gasteiger partial charge in [0.05, 0.1) is 0 Å². The van der Waals surface area contributed by atoms with Crippen molar-refractivity contribution < 1.29 is 14.2 Å². The van der Waals surface area contributed by atoms with Crippen molar-refractivity contribution in [2.45, 2.75) is 10.9 Å². The van der Waals surface area contributed by atoms with Crippen molar-refractivity contribution in [2.75, 3.05) is 33.1 Å². The van der Waals surface area contributed by atoms with Crippen LogP contribution in [0.4, 0.5) is 0 Å².